The van der Waals surface area contributed by atoms with E-state index in [2.05, 4.69) is 20.3 Å². The third-order valence-corrected chi connectivity index (χ3v) is 5.83. The highest BCUT2D eigenvalue weighted by Crippen LogP contribution is 2.32. The van der Waals surface area contributed by atoms with Crippen LogP contribution in [0.5, 0.6) is 11.6 Å². The lowest BCUT2D eigenvalue weighted by molar-refractivity contribution is -0.115. The number of primary amides is 1. The van der Waals surface area contributed by atoms with Crippen molar-refractivity contribution in [1.82, 2.24) is 15.0 Å². The van der Waals surface area contributed by atoms with E-state index < -0.39 is 11.9 Å². The Labute approximate surface area is 202 Å². The molecule has 4 rings (SSSR count). The predicted molar refractivity (Wildman–Crippen MR) is 127 cm³/mol. The lowest BCUT2D eigenvalue weighted by Gasteiger charge is -2.10. The number of hydrogen-bond donors (Lipinski definition) is 2. The summed E-state index contributed by atoms with van der Waals surface area (Å²) in [4.78, 5) is 37.0. The van der Waals surface area contributed by atoms with E-state index in [0.717, 1.165) is 4.88 Å². The molecule has 0 aliphatic carbocycles. The molecule has 0 spiro atoms. The number of amides is 2. The fraction of sp³-hybridized carbons (Fsp3) is 0.0870. The summed E-state index contributed by atoms with van der Waals surface area (Å²) in [5, 5.41) is 3.42. The van der Waals surface area contributed by atoms with Crippen molar-refractivity contribution in [2.24, 2.45) is 5.73 Å². The summed E-state index contributed by atoms with van der Waals surface area (Å²) in [5.41, 5.74) is 7.39. The molecule has 3 N–H and O–H groups in total. The van der Waals surface area contributed by atoms with Gasteiger partial charge in [-0.15, -0.1) is 11.3 Å². The molecular formula is C23H17ClFN5O3S. The maximum atomic E-state index is 13.1. The Kier molecular flexibility index (Phi) is 6.80. The zero-order valence-corrected chi connectivity index (χ0v) is 19.3. The number of pyridine rings is 2. The summed E-state index contributed by atoms with van der Waals surface area (Å²) < 4.78 is 18.7. The minimum Gasteiger partial charge on any atom is -0.437 e. The first-order chi connectivity index (χ1) is 16.3. The number of hydrogen-bond acceptors (Lipinski definition) is 7. The molecule has 0 saturated heterocycles. The van der Waals surface area contributed by atoms with Crippen molar-refractivity contribution in [3.63, 3.8) is 0 Å². The summed E-state index contributed by atoms with van der Waals surface area (Å²) >= 11 is 7.62. The highest BCUT2D eigenvalue weighted by molar-refractivity contribution is 7.16. The van der Waals surface area contributed by atoms with Crippen LogP contribution in [0.4, 0.5) is 9.52 Å². The highest BCUT2D eigenvalue weighted by Gasteiger charge is 2.15. The van der Waals surface area contributed by atoms with Crippen LogP contribution in [0.25, 0.3) is 11.3 Å². The van der Waals surface area contributed by atoms with Gasteiger partial charge in [0.1, 0.15) is 11.3 Å². The summed E-state index contributed by atoms with van der Waals surface area (Å²) in [6.45, 7) is 1.86. The van der Waals surface area contributed by atoms with Gasteiger partial charge in [0.05, 0.1) is 17.1 Å². The molecule has 0 saturated carbocycles. The Morgan fingerprint density at radius 1 is 1.21 bits per heavy atom. The quantitative estimate of drug-likeness (QED) is 0.355. The van der Waals surface area contributed by atoms with Gasteiger partial charge in [0.15, 0.2) is 5.13 Å². The van der Waals surface area contributed by atoms with Crippen LogP contribution in [0.2, 0.25) is 5.02 Å². The van der Waals surface area contributed by atoms with E-state index in [1.165, 1.54) is 35.9 Å². The van der Waals surface area contributed by atoms with Gasteiger partial charge in [0.2, 0.25) is 17.7 Å². The number of nitrogens with two attached hydrogens (primary N) is 1. The van der Waals surface area contributed by atoms with Gasteiger partial charge < -0.3 is 15.8 Å². The van der Waals surface area contributed by atoms with Gasteiger partial charge in [0, 0.05) is 22.8 Å². The van der Waals surface area contributed by atoms with Gasteiger partial charge in [-0.1, -0.05) is 17.7 Å². The molecule has 2 amide bonds. The van der Waals surface area contributed by atoms with Gasteiger partial charge in [-0.3, -0.25) is 9.59 Å². The van der Waals surface area contributed by atoms with E-state index in [9.17, 15) is 14.0 Å². The molecule has 0 bridgehead atoms. The first-order valence-corrected chi connectivity index (χ1v) is 11.1. The minimum atomic E-state index is -0.677. The molecule has 0 aliphatic rings. The molecule has 4 aromatic rings. The topological polar surface area (TPSA) is 120 Å². The summed E-state index contributed by atoms with van der Waals surface area (Å²) in [6.07, 6.45) is 2.90. The Bertz CT molecular complexity index is 1380. The molecule has 0 atom stereocenters. The lowest BCUT2D eigenvalue weighted by Crippen LogP contribution is -2.14. The molecule has 0 aliphatic heterocycles. The monoisotopic (exact) mass is 497 g/mol. The van der Waals surface area contributed by atoms with Crippen molar-refractivity contribution in [3.8, 4) is 22.9 Å². The second-order valence-electron chi connectivity index (χ2n) is 7.11. The zero-order valence-electron chi connectivity index (χ0n) is 17.7. The number of nitrogens with zero attached hydrogens (tertiary/aromatic N) is 3. The number of anilines is 1. The van der Waals surface area contributed by atoms with E-state index in [1.807, 2.05) is 6.92 Å². The van der Waals surface area contributed by atoms with Gasteiger partial charge >= 0.3 is 0 Å². The van der Waals surface area contributed by atoms with E-state index in [1.54, 1.807) is 30.3 Å². The van der Waals surface area contributed by atoms with E-state index >= 15 is 0 Å². The number of carbonyl (C=O) groups excluding carboxylic acids is 2. The van der Waals surface area contributed by atoms with Crippen LogP contribution in [0.1, 0.15) is 20.8 Å². The van der Waals surface area contributed by atoms with Crippen molar-refractivity contribution in [3.05, 3.63) is 81.8 Å². The van der Waals surface area contributed by atoms with E-state index in [0.29, 0.717) is 22.0 Å². The van der Waals surface area contributed by atoms with Crippen molar-refractivity contribution >= 4 is 39.9 Å². The molecule has 34 heavy (non-hydrogen) atoms. The number of ether oxygens (including phenoxy) is 1. The summed E-state index contributed by atoms with van der Waals surface area (Å²) in [5.74, 6) is -1.24. The molecule has 172 valence electrons. The second kappa shape index (κ2) is 9.94. The Morgan fingerprint density at radius 2 is 2.03 bits per heavy atom. The first kappa shape index (κ1) is 23.3. The first-order valence-electron chi connectivity index (χ1n) is 9.90. The van der Waals surface area contributed by atoms with E-state index in [4.69, 9.17) is 22.1 Å². The van der Waals surface area contributed by atoms with Crippen LogP contribution < -0.4 is 15.8 Å². The van der Waals surface area contributed by atoms with Crippen LogP contribution in [-0.2, 0) is 11.2 Å². The molecule has 11 heteroatoms. The Morgan fingerprint density at radius 3 is 2.74 bits per heavy atom. The van der Waals surface area contributed by atoms with Crippen molar-refractivity contribution < 1.29 is 18.7 Å². The number of aromatic nitrogens is 3. The van der Waals surface area contributed by atoms with Gasteiger partial charge in [-0.2, -0.15) is 4.39 Å². The third-order valence-electron chi connectivity index (χ3n) is 4.65. The highest BCUT2D eigenvalue weighted by atomic mass is 35.5. The van der Waals surface area contributed by atoms with Crippen molar-refractivity contribution in [2.75, 3.05) is 5.32 Å². The molecule has 0 radical (unpaired) electrons. The summed E-state index contributed by atoms with van der Waals surface area (Å²) in [7, 11) is 0. The third kappa shape index (κ3) is 5.36. The number of aryl methyl sites for hydroxylation is 1. The van der Waals surface area contributed by atoms with Crippen LogP contribution in [-0.4, -0.2) is 26.8 Å². The molecule has 3 heterocycles. The lowest BCUT2D eigenvalue weighted by atomic mass is 10.1. The van der Waals surface area contributed by atoms with Gasteiger partial charge in [0.25, 0.3) is 5.91 Å². The fourth-order valence-corrected chi connectivity index (χ4v) is 4.18. The van der Waals surface area contributed by atoms with Crippen LogP contribution in [0, 0.1) is 12.9 Å². The van der Waals surface area contributed by atoms with Crippen molar-refractivity contribution in [2.45, 2.75) is 13.3 Å². The fourth-order valence-electron chi connectivity index (χ4n) is 3.08. The van der Waals surface area contributed by atoms with Crippen molar-refractivity contribution in [1.29, 1.82) is 0 Å². The molecule has 8 nitrogen and oxygen atoms in total. The zero-order chi connectivity index (χ0) is 24.2. The standard InChI is InChI=1S/C23H17ClFN5O3S/c1-12-20(14-5-7-18(25)28-11-14)30-23(34-12)29-19(31)10-13-4-6-17(16(24)9-13)33-22-15(21(26)32)3-2-8-27-22/h2-9,11H,10H2,1H3,(H2,26,32)(H,29,30,31). The number of benzene rings is 1. The number of nitrogens with one attached hydrogen (secondary N) is 1. The van der Waals surface area contributed by atoms with Crippen LogP contribution >= 0.6 is 22.9 Å². The average Bonchev–Trinajstić information content (AvgIpc) is 3.16. The molecular weight excluding hydrogens is 481 g/mol. The van der Waals surface area contributed by atoms with Gasteiger partial charge in [-0.05, 0) is 48.9 Å². The molecule has 0 fully saturated rings. The SMILES string of the molecule is Cc1sc(NC(=O)Cc2ccc(Oc3ncccc3C(N)=O)c(Cl)c2)nc1-c1ccc(F)nc1. The average molecular weight is 498 g/mol. The molecule has 1 aromatic carbocycles. The molecule has 3 aromatic heterocycles. The van der Waals surface area contributed by atoms with Gasteiger partial charge in [-0.25, -0.2) is 15.0 Å². The largest absolute Gasteiger partial charge is 0.437 e. The van der Waals surface area contributed by atoms with E-state index in [-0.39, 0.29) is 34.5 Å². The predicted octanol–water partition coefficient (Wildman–Crippen LogP) is 4.77. The van der Waals surface area contributed by atoms with Crippen LogP contribution in [0.3, 0.4) is 0 Å². The smallest absolute Gasteiger partial charge is 0.254 e. The number of halogens is 2. The Balaban J connectivity index is 1.43. The summed E-state index contributed by atoms with van der Waals surface area (Å²) in [6, 6.07) is 10.8. The molecule has 0 unspecified atom stereocenters. The van der Waals surface area contributed by atoms with Crippen LogP contribution in [0.15, 0.2) is 54.9 Å². The normalized spacial score (nSPS) is 10.7. The maximum Gasteiger partial charge on any atom is 0.254 e. The number of carbonyl (C=O) groups is 2. The number of rotatable bonds is 7. The Hall–Kier alpha value is -3.89. The number of thiazole rings is 1. The maximum absolute atomic E-state index is 13.1. The minimum absolute atomic E-state index is 0.0358. The second-order valence-corrected chi connectivity index (χ2v) is 8.72.